The highest BCUT2D eigenvalue weighted by Crippen LogP contribution is 2.43. The lowest BCUT2D eigenvalue weighted by molar-refractivity contribution is -0.161. The van der Waals surface area contributed by atoms with Crippen LogP contribution >= 0.6 is 7.82 Å². The molecule has 0 fully saturated rings. The van der Waals surface area contributed by atoms with Gasteiger partial charge < -0.3 is 30.3 Å². The number of carbonyl (C=O) groups is 3. The second-order valence-corrected chi connectivity index (χ2v) is 14.7. The van der Waals surface area contributed by atoms with E-state index < -0.39 is 63.8 Å². The summed E-state index contributed by atoms with van der Waals surface area (Å²) in [6.07, 6.45) is 33.6. The minimum Gasteiger partial charge on any atom is -0.480 e. The van der Waals surface area contributed by atoms with Crippen molar-refractivity contribution >= 4 is 25.7 Å². The van der Waals surface area contributed by atoms with Crippen molar-refractivity contribution in [3.05, 3.63) is 48.6 Å². The number of nitrogens with two attached hydrogens (primary N) is 1. The lowest BCUT2D eigenvalue weighted by Gasteiger charge is -2.20. The number of rotatable bonds is 36. The van der Waals surface area contributed by atoms with Gasteiger partial charge in [0.2, 0.25) is 0 Å². The predicted molar refractivity (Wildman–Crippen MR) is 209 cm³/mol. The standard InChI is InChI=1S/C40H70NO11P/c1-3-5-7-9-11-13-15-16-18-19-21-23-25-28-35(42)29-27-31-38(43)49-32-36(33-50-53(47,48)51-34-37(41)40(45)46)52-39(44)30-26-24-22-20-17-14-12-10-8-6-4-2/h11,13,16,18,21,23,25,28,35-37,42H,3-10,12,14-15,17,19-20,22,24,26-27,29-34,41H2,1-2H3,(H,45,46)(H,47,48)/b13-11-,18-16-,23-21-,28-25+/t35-,36-,37+/m1/s1. The number of unbranched alkanes of at least 4 members (excludes halogenated alkanes) is 13. The molecule has 53 heavy (non-hydrogen) atoms. The fraction of sp³-hybridized carbons (Fsp3) is 0.725. The second-order valence-electron chi connectivity index (χ2n) is 13.3. The molecule has 12 nitrogen and oxygen atoms in total. The highest BCUT2D eigenvalue weighted by molar-refractivity contribution is 7.47. The summed E-state index contributed by atoms with van der Waals surface area (Å²) in [7, 11) is -4.75. The van der Waals surface area contributed by atoms with Crippen LogP contribution in [0.4, 0.5) is 0 Å². The fourth-order valence-electron chi connectivity index (χ4n) is 4.99. The Morgan fingerprint density at radius 2 is 1.23 bits per heavy atom. The summed E-state index contributed by atoms with van der Waals surface area (Å²) in [6, 6.07) is -1.55. The largest absolute Gasteiger partial charge is 0.480 e. The van der Waals surface area contributed by atoms with Gasteiger partial charge in [-0.1, -0.05) is 140 Å². The first-order chi connectivity index (χ1) is 25.5. The van der Waals surface area contributed by atoms with Crippen molar-refractivity contribution in [2.75, 3.05) is 19.8 Å². The summed E-state index contributed by atoms with van der Waals surface area (Å²) in [5, 5.41) is 19.1. The first-order valence-corrected chi connectivity index (χ1v) is 21.3. The fourth-order valence-corrected chi connectivity index (χ4v) is 5.77. The number of hydrogen-bond acceptors (Lipinski definition) is 10. The number of ether oxygens (including phenoxy) is 2. The first-order valence-electron chi connectivity index (χ1n) is 19.8. The van der Waals surface area contributed by atoms with E-state index in [0.29, 0.717) is 19.3 Å². The van der Waals surface area contributed by atoms with Gasteiger partial charge in [0.15, 0.2) is 6.10 Å². The molecule has 0 aromatic rings. The van der Waals surface area contributed by atoms with Crippen LogP contribution in [0.25, 0.3) is 0 Å². The molecule has 0 aromatic heterocycles. The van der Waals surface area contributed by atoms with Gasteiger partial charge in [0, 0.05) is 12.8 Å². The summed E-state index contributed by atoms with van der Waals surface area (Å²) < 4.78 is 32.4. The van der Waals surface area contributed by atoms with Crippen LogP contribution in [-0.2, 0) is 37.5 Å². The molecule has 0 bridgehead atoms. The van der Waals surface area contributed by atoms with E-state index in [1.807, 2.05) is 12.2 Å². The van der Waals surface area contributed by atoms with Gasteiger partial charge in [-0.3, -0.25) is 23.4 Å². The smallest absolute Gasteiger partial charge is 0.472 e. The van der Waals surface area contributed by atoms with Crippen molar-refractivity contribution in [1.82, 2.24) is 0 Å². The van der Waals surface area contributed by atoms with Crippen LogP contribution < -0.4 is 5.73 Å². The van der Waals surface area contributed by atoms with Crippen LogP contribution in [0.2, 0.25) is 0 Å². The number of carboxylic acid groups (broad SMARTS) is 1. The Balaban J connectivity index is 4.61. The molecule has 306 valence electrons. The predicted octanol–water partition coefficient (Wildman–Crippen LogP) is 8.80. The normalized spacial score (nSPS) is 15.0. The Bertz CT molecular complexity index is 1110. The summed E-state index contributed by atoms with van der Waals surface area (Å²) in [4.78, 5) is 45.8. The molecule has 0 aliphatic carbocycles. The highest BCUT2D eigenvalue weighted by atomic mass is 31.2. The summed E-state index contributed by atoms with van der Waals surface area (Å²) in [5.41, 5.74) is 5.30. The maximum atomic E-state index is 12.5. The minimum absolute atomic E-state index is 0.00642. The minimum atomic E-state index is -4.75. The van der Waals surface area contributed by atoms with E-state index >= 15 is 0 Å². The molecule has 0 aliphatic rings. The van der Waals surface area contributed by atoms with Crippen molar-refractivity contribution in [1.29, 1.82) is 0 Å². The zero-order valence-corrected chi connectivity index (χ0v) is 33.3. The third-order valence-electron chi connectivity index (χ3n) is 8.18. The summed E-state index contributed by atoms with van der Waals surface area (Å²) in [5.74, 6) is -2.61. The Labute approximate surface area is 318 Å². The molecule has 5 N–H and O–H groups in total. The summed E-state index contributed by atoms with van der Waals surface area (Å²) in [6.45, 7) is 2.54. The average molecular weight is 772 g/mol. The SMILES string of the molecule is CCCCC/C=C\C/C=C\C/C=C\C=C\[C@@H](O)CCCC(=O)OC[C@H](COP(=O)(O)OC[C@H](N)C(=O)O)OC(=O)CCCCCCCCCCCCC. The molecule has 0 aromatic carbocycles. The average Bonchev–Trinajstić information content (AvgIpc) is 3.12. The maximum absolute atomic E-state index is 12.5. The Morgan fingerprint density at radius 3 is 1.87 bits per heavy atom. The number of hydrogen-bond donors (Lipinski definition) is 4. The molecule has 0 amide bonds. The van der Waals surface area contributed by atoms with E-state index in [-0.39, 0.29) is 12.8 Å². The molecular formula is C40H70NO11P. The van der Waals surface area contributed by atoms with Crippen LogP contribution in [0, 0.1) is 0 Å². The van der Waals surface area contributed by atoms with Crippen molar-refractivity contribution in [2.45, 2.75) is 167 Å². The number of aliphatic carboxylic acids is 1. The highest BCUT2D eigenvalue weighted by Gasteiger charge is 2.28. The van der Waals surface area contributed by atoms with Gasteiger partial charge in [-0.15, -0.1) is 0 Å². The molecule has 0 radical (unpaired) electrons. The third kappa shape index (κ3) is 34.9. The van der Waals surface area contributed by atoms with Crippen LogP contribution in [0.15, 0.2) is 48.6 Å². The Morgan fingerprint density at radius 1 is 0.679 bits per heavy atom. The number of phosphoric ester groups is 1. The van der Waals surface area contributed by atoms with Crippen LogP contribution in [-0.4, -0.2) is 71.1 Å². The molecule has 0 saturated heterocycles. The van der Waals surface area contributed by atoms with Gasteiger partial charge in [-0.2, -0.15) is 0 Å². The molecule has 0 aliphatic heterocycles. The van der Waals surface area contributed by atoms with E-state index in [4.69, 9.17) is 24.8 Å². The molecule has 0 spiro atoms. The number of carbonyl (C=O) groups excluding carboxylic acids is 2. The van der Waals surface area contributed by atoms with E-state index in [1.165, 1.54) is 64.2 Å². The molecule has 13 heteroatoms. The number of aliphatic hydroxyl groups is 1. The second kappa shape index (κ2) is 35.1. The van der Waals surface area contributed by atoms with Gasteiger partial charge in [-0.25, -0.2) is 4.57 Å². The third-order valence-corrected chi connectivity index (χ3v) is 9.13. The zero-order valence-electron chi connectivity index (χ0n) is 32.5. The van der Waals surface area contributed by atoms with E-state index in [0.717, 1.165) is 38.5 Å². The monoisotopic (exact) mass is 771 g/mol. The van der Waals surface area contributed by atoms with Gasteiger partial charge in [-0.05, 0) is 44.9 Å². The first kappa shape index (κ1) is 50.4. The molecule has 4 atom stereocenters. The van der Waals surface area contributed by atoms with Gasteiger partial charge >= 0.3 is 25.7 Å². The number of carboxylic acids is 1. The van der Waals surface area contributed by atoms with Crippen LogP contribution in [0.5, 0.6) is 0 Å². The van der Waals surface area contributed by atoms with Gasteiger partial charge in [0.05, 0.1) is 19.3 Å². The molecule has 0 rings (SSSR count). The Kier molecular flexibility index (Phi) is 33.4. The number of aliphatic hydroxyl groups excluding tert-OH is 1. The van der Waals surface area contributed by atoms with Crippen molar-refractivity contribution in [3.8, 4) is 0 Å². The quantitative estimate of drug-likeness (QED) is 0.0156. The van der Waals surface area contributed by atoms with Crippen LogP contribution in [0.3, 0.4) is 0 Å². The van der Waals surface area contributed by atoms with Gasteiger partial charge in [0.25, 0.3) is 0 Å². The Hall–Kier alpha value is -2.60. The molecule has 0 saturated carbocycles. The lowest BCUT2D eigenvalue weighted by Crippen LogP contribution is -2.34. The van der Waals surface area contributed by atoms with Crippen molar-refractivity contribution in [3.63, 3.8) is 0 Å². The lowest BCUT2D eigenvalue weighted by atomic mass is 10.1. The number of allylic oxidation sites excluding steroid dienone is 7. The molecule has 1 unspecified atom stereocenters. The molecular weight excluding hydrogens is 701 g/mol. The molecule has 0 heterocycles. The van der Waals surface area contributed by atoms with Crippen molar-refractivity contribution in [2.24, 2.45) is 5.73 Å². The van der Waals surface area contributed by atoms with E-state index in [2.05, 4.69) is 42.7 Å². The van der Waals surface area contributed by atoms with Gasteiger partial charge in [0.1, 0.15) is 12.6 Å². The van der Waals surface area contributed by atoms with E-state index in [9.17, 15) is 28.9 Å². The maximum Gasteiger partial charge on any atom is 0.472 e. The van der Waals surface area contributed by atoms with Crippen LogP contribution in [0.1, 0.15) is 149 Å². The number of esters is 2. The number of phosphoric acid groups is 1. The van der Waals surface area contributed by atoms with E-state index in [1.54, 1.807) is 12.2 Å². The summed E-state index contributed by atoms with van der Waals surface area (Å²) >= 11 is 0. The topological polar surface area (TPSA) is 192 Å². The zero-order chi connectivity index (χ0) is 39.4. The van der Waals surface area contributed by atoms with Crippen molar-refractivity contribution < 1.29 is 52.6 Å².